The minimum Gasteiger partial charge on any atom is -0.394 e. The van der Waals surface area contributed by atoms with Crippen LogP contribution in [0.1, 0.15) is 354 Å². The monoisotopic (exact) mass is 972 g/mol. The zero-order chi connectivity index (χ0) is 50.0. The van der Waals surface area contributed by atoms with E-state index in [-0.39, 0.29) is 6.61 Å². The van der Waals surface area contributed by atoms with Crippen LogP contribution in [0.3, 0.4) is 0 Å². The third-order valence-corrected chi connectivity index (χ3v) is 15.0. The van der Waals surface area contributed by atoms with Crippen molar-refractivity contribution in [1.82, 2.24) is 5.32 Å². The Bertz CT molecular complexity index is 1030. The molecule has 4 N–H and O–H groups in total. The Morgan fingerprint density at radius 1 is 0.348 bits per heavy atom. The molecule has 0 saturated heterocycles. The molecule has 1 amide bonds. The number of amides is 1. The summed E-state index contributed by atoms with van der Waals surface area (Å²) in [5.74, 6) is -0.496. The van der Waals surface area contributed by atoms with Gasteiger partial charge in [-0.15, -0.1) is 0 Å². The van der Waals surface area contributed by atoms with E-state index in [1.165, 1.54) is 302 Å². The van der Waals surface area contributed by atoms with Crippen LogP contribution in [0.2, 0.25) is 0 Å². The smallest absolute Gasteiger partial charge is 0.249 e. The zero-order valence-corrected chi connectivity index (χ0v) is 47.0. The van der Waals surface area contributed by atoms with E-state index in [4.69, 9.17) is 0 Å². The molecule has 0 spiro atoms. The first-order chi connectivity index (χ1) is 34.1. The van der Waals surface area contributed by atoms with Crippen LogP contribution in [0.15, 0.2) is 24.3 Å². The van der Waals surface area contributed by atoms with E-state index in [1.54, 1.807) is 6.08 Å². The van der Waals surface area contributed by atoms with Crippen LogP contribution in [0.5, 0.6) is 0 Å². The van der Waals surface area contributed by atoms with Gasteiger partial charge in [-0.05, 0) is 44.9 Å². The molecule has 3 unspecified atom stereocenters. The molecule has 0 aliphatic carbocycles. The second-order valence-electron chi connectivity index (χ2n) is 22.0. The molecule has 0 aromatic rings. The van der Waals surface area contributed by atoms with Gasteiger partial charge in [-0.25, -0.2) is 0 Å². The quantitative estimate of drug-likeness (QED) is 0.0361. The van der Waals surface area contributed by atoms with Gasteiger partial charge in [0, 0.05) is 0 Å². The molecule has 5 nitrogen and oxygen atoms in total. The van der Waals surface area contributed by atoms with Gasteiger partial charge in [0.15, 0.2) is 0 Å². The maximum atomic E-state index is 12.6. The van der Waals surface area contributed by atoms with Gasteiger partial charge >= 0.3 is 0 Å². The zero-order valence-electron chi connectivity index (χ0n) is 47.0. The van der Waals surface area contributed by atoms with Crippen LogP contribution in [-0.4, -0.2) is 46.1 Å². The van der Waals surface area contributed by atoms with Crippen LogP contribution >= 0.6 is 0 Å². The fourth-order valence-electron chi connectivity index (χ4n) is 10.1. The molecule has 0 fully saturated rings. The van der Waals surface area contributed by atoms with Gasteiger partial charge in [0.1, 0.15) is 6.10 Å². The van der Waals surface area contributed by atoms with Gasteiger partial charge in [0.25, 0.3) is 0 Å². The topological polar surface area (TPSA) is 89.8 Å². The van der Waals surface area contributed by atoms with E-state index in [0.717, 1.165) is 32.1 Å². The Morgan fingerprint density at radius 2 is 0.580 bits per heavy atom. The Labute approximate surface area is 432 Å². The summed E-state index contributed by atoms with van der Waals surface area (Å²) >= 11 is 0. The molecule has 0 bridgehead atoms. The Hall–Kier alpha value is -1.17. The first-order valence-electron chi connectivity index (χ1n) is 31.7. The van der Waals surface area contributed by atoms with Crippen LogP contribution < -0.4 is 5.32 Å². The molecule has 0 radical (unpaired) electrons. The Kier molecular flexibility index (Phi) is 58.4. The van der Waals surface area contributed by atoms with Gasteiger partial charge < -0.3 is 20.6 Å². The standard InChI is InChI=1S/C64H125NO4/c1-3-5-7-9-11-13-15-17-19-21-23-25-27-29-30-31-32-33-34-35-37-39-41-43-45-47-49-51-53-55-57-59-63(68)64(69)65-61(60-66)62(67)58-56-54-52-50-48-46-44-42-40-38-36-28-26-24-22-20-18-16-14-12-10-8-6-4-2/h29-30,56,58,61-63,66-68H,3-28,31-55,57,59-60H2,1-2H3,(H,65,69)/b30-29-,58-56+. The lowest BCUT2D eigenvalue weighted by molar-refractivity contribution is -0.131. The van der Waals surface area contributed by atoms with E-state index in [2.05, 4.69) is 31.3 Å². The number of rotatable bonds is 59. The number of unbranched alkanes of at least 4 members (excludes halogenated alkanes) is 49. The number of aliphatic hydroxyl groups is 3. The molecule has 3 atom stereocenters. The SMILES string of the molecule is CCCCCCCCCCCCCC/C=C\CCCCCCCCCCCCCCCCCC(O)C(=O)NC(CO)C(O)/C=C/CCCCCCCCCCCCCCCCCCCCCCCC. The minimum atomic E-state index is -1.10. The average Bonchev–Trinajstić information content (AvgIpc) is 3.35. The summed E-state index contributed by atoms with van der Waals surface area (Å²) in [6.07, 6.45) is 77.2. The third kappa shape index (κ3) is 54.4. The summed E-state index contributed by atoms with van der Waals surface area (Å²) in [7, 11) is 0. The highest BCUT2D eigenvalue weighted by molar-refractivity contribution is 5.80. The van der Waals surface area contributed by atoms with E-state index in [9.17, 15) is 20.1 Å². The summed E-state index contributed by atoms with van der Waals surface area (Å²) in [4.78, 5) is 12.6. The average molecular weight is 973 g/mol. The molecular formula is C64H125NO4. The summed E-state index contributed by atoms with van der Waals surface area (Å²) in [5.41, 5.74) is 0. The van der Waals surface area contributed by atoms with Crippen molar-refractivity contribution in [3.05, 3.63) is 24.3 Å². The molecule has 0 aromatic heterocycles. The molecule has 0 aliphatic heterocycles. The van der Waals surface area contributed by atoms with Gasteiger partial charge in [0.2, 0.25) is 5.91 Å². The number of carbonyl (C=O) groups is 1. The van der Waals surface area contributed by atoms with Gasteiger partial charge in [-0.1, -0.05) is 334 Å². The predicted octanol–water partition coefficient (Wildman–Crippen LogP) is 20.0. The summed E-state index contributed by atoms with van der Waals surface area (Å²) < 4.78 is 0. The van der Waals surface area contributed by atoms with E-state index < -0.39 is 24.2 Å². The first-order valence-corrected chi connectivity index (χ1v) is 31.7. The molecule has 0 saturated carbocycles. The lowest BCUT2D eigenvalue weighted by Gasteiger charge is -2.21. The molecule has 0 rings (SSSR count). The van der Waals surface area contributed by atoms with Crippen molar-refractivity contribution < 1.29 is 20.1 Å². The number of carbonyl (C=O) groups excluding carboxylic acids is 1. The van der Waals surface area contributed by atoms with Crippen molar-refractivity contribution in [2.24, 2.45) is 0 Å². The van der Waals surface area contributed by atoms with Crippen molar-refractivity contribution in [2.45, 2.75) is 372 Å². The third-order valence-electron chi connectivity index (χ3n) is 15.0. The number of nitrogens with one attached hydrogen (secondary N) is 1. The summed E-state index contributed by atoms with van der Waals surface area (Å²) in [5, 5.41) is 33.5. The van der Waals surface area contributed by atoms with E-state index in [0.29, 0.717) is 6.42 Å². The lowest BCUT2D eigenvalue weighted by Crippen LogP contribution is -2.48. The minimum absolute atomic E-state index is 0.360. The number of aliphatic hydroxyl groups excluding tert-OH is 3. The Balaban J connectivity index is 3.51. The van der Waals surface area contributed by atoms with Crippen molar-refractivity contribution in [3.63, 3.8) is 0 Å². The highest BCUT2D eigenvalue weighted by atomic mass is 16.3. The van der Waals surface area contributed by atoms with Gasteiger partial charge in [-0.3, -0.25) is 4.79 Å². The fourth-order valence-corrected chi connectivity index (χ4v) is 10.1. The molecule has 0 aromatic carbocycles. The summed E-state index contributed by atoms with van der Waals surface area (Å²) in [6, 6.07) is -0.797. The maximum Gasteiger partial charge on any atom is 0.249 e. The van der Waals surface area contributed by atoms with Crippen LogP contribution in [0.25, 0.3) is 0 Å². The fraction of sp³-hybridized carbons (Fsp3) is 0.922. The highest BCUT2D eigenvalue weighted by Crippen LogP contribution is 2.18. The first kappa shape index (κ1) is 67.8. The van der Waals surface area contributed by atoms with Crippen molar-refractivity contribution in [1.29, 1.82) is 0 Å². The normalized spacial score (nSPS) is 13.3. The second kappa shape index (κ2) is 59.4. The van der Waals surface area contributed by atoms with Crippen molar-refractivity contribution in [2.75, 3.05) is 6.61 Å². The lowest BCUT2D eigenvalue weighted by atomic mass is 10.0. The molecule has 69 heavy (non-hydrogen) atoms. The summed E-state index contributed by atoms with van der Waals surface area (Å²) in [6.45, 7) is 4.23. The van der Waals surface area contributed by atoms with Crippen LogP contribution in [0, 0.1) is 0 Å². The maximum absolute atomic E-state index is 12.6. The number of allylic oxidation sites excluding steroid dienone is 3. The molecule has 410 valence electrons. The van der Waals surface area contributed by atoms with E-state index in [1.807, 2.05) is 6.08 Å². The van der Waals surface area contributed by atoms with Crippen LogP contribution in [0.4, 0.5) is 0 Å². The van der Waals surface area contributed by atoms with Crippen molar-refractivity contribution in [3.8, 4) is 0 Å². The van der Waals surface area contributed by atoms with E-state index >= 15 is 0 Å². The van der Waals surface area contributed by atoms with Gasteiger partial charge in [0.05, 0.1) is 18.8 Å². The van der Waals surface area contributed by atoms with Crippen LogP contribution in [-0.2, 0) is 4.79 Å². The molecular weight excluding hydrogens is 847 g/mol. The second-order valence-corrected chi connectivity index (χ2v) is 22.0. The molecule has 0 aliphatic rings. The van der Waals surface area contributed by atoms with Crippen molar-refractivity contribution >= 4 is 5.91 Å². The Morgan fingerprint density at radius 3 is 0.841 bits per heavy atom. The predicted molar refractivity (Wildman–Crippen MR) is 305 cm³/mol. The molecule has 5 heteroatoms. The number of hydrogen-bond acceptors (Lipinski definition) is 4. The molecule has 0 heterocycles. The number of hydrogen-bond donors (Lipinski definition) is 4. The van der Waals surface area contributed by atoms with Gasteiger partial charge in [-0.2, -0.15) is 0 Å². The largest absolute Gasteiger partial charge is 0.394 e. The highest BCUT2D eigenvalue weighted by Gasteiger charge is 2.22.